The normalized spacial score (nSPS) is 12.8. The standard InChI is InChI=1S/C21H23NO3/c23-14-13-22(12-10-17-4-2-1-3-5-17)21(24)9-7-18-6-8-20-19(16-18)11-15-25-20/h1-9,16,23H,10-15H2/b9-7+. The number of nitrogens with zero attached hydrogens (tertiary/aromatic N) is 1. The second-order valence-electron chi connectivity index (χ2n) is 6.08. The third-order valence-electron chi connectivity index (χ3n) is 4.33. The first-order valence-electron chi connectivity index (χ1n) is 8.64. The number of ether oxygens (including phenoxy) is 1. The lowest BCUT2D eigenvalue weighted by atomic mass is 10.1. The summed E-state index contributed by atoms with van der Waals surface area (Å²) in [4.78, 5) is 14.1. The number of hydrogen-bond donors (Lipinski definition) is 1. The Kier molecular flexibility index (Phi) is 5.86. The molecule has 3 rings (SSSR count). The Balaban J connectivity index is 1.61. The van der Waals surface area contributed by atoms with Crippen LogP contribution in [0.1, 0.15) is 16.7 Å². The number of rotatable bonds is 7. The number of amides is 1. The summed E-state index contributed by atoms with van der Waals surface area (Å²) in [6, 6.07) is 16.0. The van der Waals surface area contributed by atoms with Crippen LogP contribution < -0.4 is 4.74 Å². The molecule has 0 unspecified atom stereocenters. The number of aliphatic hydroxyl groups is 1. The number of carbonyl (C=O) groups is 1. The van der Waals surface area contributed by atoms with Gasteiger partial charge in [0.05, 0.1) is 13.2 Å². The van der Waals surface area contributed by atoms with E-state index in [2.05, 4.69) is 6.07 Å². The molecule has 0 spiro atoms. The van der Waals surface area contributed by atoms with Crippen molar-refractivity contribution in [2.45, 2.75) is 12.8 Å². The fourth-order valence-electron chi connectivity index (χ4n) is 2.94. The lowest BCUT2D eigenvalue weighted by molar-refractivity contribution is -0.126. The second kappa shape index (κ2) is 8.49. The Bertz CT molecular complexity index is 740. The largest absolute Gasteiger partial charge is 0.493 e. The van der Waals surface area contributed by atoms with E-state index < -0.39 is 0 Å². The minimum absolute atomic E-state index is 0.0371. The first-order valence-corrected chi connectivity index (χ1v) is 8.64. The van der Waals surface area contributed by atoms with Crippen LogP contribution in [0, 0.1) is 0 Å². The Hall–Kier alpha value is -2.59. The molecule has 1 aliphatic heterocycles. The summed E-state index contributed by atoms with van der Waals surface area (Å²) >= 11 is 0. The molecule has 0 aliphatic carbocycles. The van der Waals surface area contributed by atoms with Gasteiger partial charge < -0.3 is 14.7 Å². The lowest BCUT2D eigenvalue weighted by Gasteiger charge is -2.20. The maximum absolute atomic E-state index is 12.5. The van der Waals surface area contributed by atoms with E-state index in [1.807, 2.05) is 48.5 Å². The molecule has 0 aromatic heterocycles. The van der Waals surface area contributed by atoms with Gasteiger partial charge in [-0.15, -0.1) is 0 Å². The van der Waals surface area contributed by atoms with Crippen molar-refractivity contribution >= 4 is 12.0 Å². The van der Waals surface area contributed by atoms with Gasteiger partial charge in [0.25, 0.3) is 0 Å². The van der Waals surface area contributed by atoms with E-state index in [0.717, 1.165) is 30.8 Å². The van der Waals surface area contributed by atoms with Crippen molar-refractivity contribution in [3.8, 4) is 5.75 Å². The molecule has 0 radical (unpaired) electrons. The van der Waals surface area contributed by atoms with E-state index in [0.29, 0.717) is 13.1 Å². The molecule has 1 N–H and O–H groups in total. The summed E-state index contributed by atoms with van der Waals surface area (Å²) < 4.78 is 5.50. The van der Waals surface area contributed by atoms with Crippen molar-refractivity contribution in [3.63, 3.8) is 0 Å². The van der Waals surface area contributed by atoms with Crippen LogP contribution in [0.25, 0.3) is 6.08 Å². The minimum Gasteiger partial charge on any atom is -0.493 e. The van der Waals surface area contributed by atoms with E-state index >= 15 is 0 Å². The van der Waals surface area contributed by atoms with Crippen LogP contribution in [0.2, 0.25) is 0 Å². The maximum atomic E-state index is 12.5. The van der Waals surface area contributed by atoms with Crippen LogP contribution in [0.3, 0.4) is 0 Å². The van der Waals surface area contributed by atoms with Crippen molar-refractivity contribution in [3.05, 3.63) is 71.3 Å². The highest BCUT2D eigenvalue weighted by Gasteiger charge is 2.12. The van der Waals surface area contributed by atoms with Crippen molar-refractivity contribution in [2.24, 2.45) is 0 Å². The molecule has 130 valence electrons. The monoisotopic (exact) mass is 337 g/mol. The molecule has 1 amide bonds. The molecule has 0 bridgehead atoms. The van der Waals surface area contributed by atoms with Crippen molar-refractivity contribution in [1.82, 2.24) is 4.90 Å². The first kappa shape index (κ1) is 17.2. The quantitative estimate of drug-likeness (QED) is 0.791. The van der Waals surface area contributed by atoms with E-state index in [1.165, 1.54) is 11.1 Å². The van der Waals surface area contributed by atoms with Gasteiger partial charge in [0.2, 0.25) is 5.91 Å². The van der Waals surface area contributed by atoms with E-state index in [-0.39, 0.29) is 12.5 Å². The molecule has 2 aromatic carbocycles. The summed E-state index contributed by atoms with van der Waals surface area (Å²) in [6.07, 6.45) is 5.10. The zero-order chi connectivity index (χ0) is 17.5. The molecule has 1 aliphatic rings. The topological polar surface area (TPSA) is 49.8 Å². The third kappa shape index (κ3) is 4.70. The summed E-state index contributed by atoms with van der Waals surface area (Å²) in [5.74, 6) is 0.856. The zero-order valence-electron chi connectivity index (χ0n) is 14.2. The molecule has 25 heavy (non-hydrogen) atoms. The minimum atomic E-state index is -0.0817. The summed E-state index contributed by atoms with van der Waals surface area (Å²) in [5, 5.41) is 9.24. The third-order valence-corrected chi connectivity index (χ3v) is 4.33. The van der Waals surface area contributed by atoms with Crippen LogP contribution >= 0.6 is 0 Å². The van der Waals surface area contributed by atoms with Crippen molar-refractivity contribution in [2.75, 3.05) is 26.3 Å². The highest BCUT2D eigenvalue weighted by molar-refractivity contribution is 5.91. The molecule has 4 heteroatoms. The van der Waals surface area contributed by atoms with Gasteiger partial charge in [0.15, 0.2) is 0 Å². The summed E-state index contributed by atoms with van der Waals surface area (Å²) in [5.41, 5.74) is 3.36. The van der Waals surface area contributed by atoms with Gasteiger partial charge in [-0.05, 0) is 41.3 Å². The highest BCUT2D eigenvalue weighted by Crippen LogP contribution is 2.26. The Morgan fingerprint density at radius 2 is 2.00 bits per heavy atom. The van der Waals surface area contributed by atoms with Crippen molar-refractivity contribution in [1.29, 1.82) is 0 Å². The Morgan fingerprint density at radius 1 is 1.16 bits per heavy atom. The molecule has 0 atom stereocenters. The van der Waals surface area contributed by atoms with E-state index in [1.54, 1.807) is 11.0 Å². The fourth-order valence-corrected chi connectivity index (χ4v) is 2.94. The fraction of sp³-hybridized carbons (Fsp3) is 0.286. The average molecular weight is 337 g/mol. The van der Waals surface area contributed by atoms with Crippen LogP contribution in [0.4, 0.5) is 0 Å². The molecule has 0 saturated carbocycles. The molecule has 1 heterocycles. The predicted molar refractivity (Wildman–Crippen MR) is 98.5 cm³/mol. The first-order chi connectivity index (χ1) is 12.3. The smallest absolute Gasteiger partial charge is 0.246 e. The summed E-state index contributed by atoms with van der Waals surface area (Å²) in [6.45, 7) is 1.62. The number of carbonyl (C=O) groups excluding carboxylic acids is 1. The van der Waals surface area contributed by atoms with E-state index in [4.69, 9.17) is 4.74 Å². The summed E-state index contributed by atoms with van der Waals surface area (Å²) in [7, 11) is 0. The molecule has 2 aromatic rings. The average Bonchev–Trinajstić information content (AvgIpc) is 3.12. The highest BCUT2D eigenvalue weighted by atomic mass is 16.5. The Labute approximate surface area is 148 Å². The van der Waals surface area contributed by atoms with Crippen LogP contribution in [0.15, 0.2) is 54.6 Å². The predicted octanol–water partition coefficient (Wildman–Crippen LogP) is 2.70. The number of aliphatic hydroxyl groups excluding tert-OH is 1. The lowest BCUT2D eigenvalue weighted by Crippen LogP contribution is -2.34. The van der Waals surface area contributed by atoms with Gasteiger partial charge in [-0.2, -0.15) is 0 Å². The van der Waals surface area contributed by atoms with Gasteiger partial charge >= 0.3 is 0 Å². The van der Waals surface area contributed by atoms with Gasteiger partial charge in [0, 0.05) is 25.6 Å². The molecule has 0 saturated heterocycles. The van der Waals surface area contributed by atoms with Crippen LogP contribution in [-0.4, -0.2) is 42.2 Å². The number of fused-ring (bicyclic) bond motifs is 1. The molecular weight excluding hydrogens is 314 g/mol. The van der Waals surface area contributed by atoms with E-state index in [9.17, 15) is 9.90 Å². The van der Waals surface area contributed by atoms with Gasteiger partial charge in [-0.3, -0.25) is 4.79 Å². The SMILES string of the molecule is O=C(/C=C/c1ccc2c(c1)CCO2)N(CCO)CCc1ccccc1. The zero-order valence-corrected chi connectivity index (χ0v) is 14.2. The maximum Gasteiger partial charge on any atom is 0.246 e. The van der Waals surface area contributed by atoms with Crippen LogP contribution in [0.5, 0.6) is 5.75 Å². The van der Waals surface area contributed by atoms with Gasteiger partial charge in [-0.25, -0.2) is 0 Å². The second-order valence-corrected chi connectivity index (χ2v) is 6.08. The Morgan fingerprint density at radius 3 is 2.80 bits per heavy atom. The van der Waals surface area contributed by atoms with Gasteiger partial charge in [-0.1, -0.05) is 36.4 Å². The number of benzene rings is 2. The molecule has 4 nitrogen and oxygen atoms in total. The molecular formula is C21H23NO3. The van der Waals surface area contributed by atoms with Crippen LogP contribution in [-0.2, 0) is 17.6 Å². The van der Waals surface area contributed by atoms with Gasteiger partial charge in [0.1, 0.15) is 5.75 Å². The molecule has 0 fully saturated rings. The number of hydrogen-bond acceptors (Lipinski definition) is 3. The van der Waals surface area contributed by atoms with Crippen molar-refractivity contribution < 1.29 is 14.6 Å².